The van der Waals surface area contributed by atoms with Crippen molar-refractivity contribution in [2.45, 2.75) is 39.7 Å². The van der Waals surface area contributed by atoms with Gasteiger partial charge < -0.3 is 9.73 Å². The summed E-state index contributed by atoms with van der Waals surface area (Å²) in [6.45, 7) is 7.38. The summed E-state index contributed by atoms with van der Waals surface area (Å²) in [4.78, 5) is 4.62. The van der Waals surface area contributed by atoms with Crippen LogP contribution in [0, 0.1) is 13.8 Å². The zero-order valence-corrected chi connectivity index (χ0v) is 11.9. The molecule has 0 aliphatic rings. The second-order valence-corrected chi connectivity index (χ2v) is 5.06. The van der Waals surface area contributed by atoms with Crippen molar-refractivity contribution in [2.24, 2.45) is 0 Å². The minimum absolute atomic E-state index is 0.248. The molecule has 0 amide bonds. The first-order chi connectivity index (χ1) is 9.20. The molecule has 2 aromatic rings. The quantitative estimate of drug-likeness (QED) is 0.860. The zero-order valence-electron chi connectivity index (χ0n) is 11.9. The molecule has 2 heterocycles. The third kappa shape index (κ3) is 3.67. The molecular weight excluding hydrogens is 236 g/mol. The minimum atomic E-state index is 0.248. The van der Waals surface area contributed by atoms with Gasteiger partial charge in [0.05, 0.1) is 24.3 Å². The van der Waals surface area contributed by atoms with Gasteiger partial charge in [-0.15, -0.1) is 0 Å². The number of furan rings is 1. The Morgan fingerprint density at radius 2 is 2.21 bits per heavy atom. The molecule has 3 nitrogen and oxygen atoms in total. The predicted octanol–water partition coefficient (Wildman–Crippen LogP) is 3.57. The van der Waals surface area contributed by atoms with E-state index in [9.17, 15) is 0 Å². The van der Waals surface area contributed by atoms with Crippen LogP contribution in [0.25, 0.3) is 0 Å². The van der Waals surface area contributed by atoms with Crippen LogP contribution in [0.15, 0.2) is 35.3 Å². The molecule has 0 aliphatic heterocycles. The van der Waals surface area contributed by atoms with Crippen molar-refractivity contribution in [3.63, 3.8) is 0 Å². The molecule has 1 unspecified atom stereocenters. The lowest BCUT2D eigenvalue weighted by molar-refractivity contribution is 0.508. The summed E-state index contributed by atoms with van der Waals surface area (Å²) < 4.78 is 5.16. The van der Waals surface area contributed by atoms with E-state index in [1.807, 2.05) is 18.5 Å². The van der Waals surface area contributed by atoms with Crippen molar-refractivity contribution in [3.8, 4) is 0 Å². The number of pyridine rings is 1. The van der Waals surface area contributed by atoms with Gasteiger partial charge in [0.25, 0.3) is 0 Å². The molecule has 2 rings (SSSR count). The summed E-state index contributed by atoms with van der Waals surface area (Å²) in [5.74, 6) is 0. The van der Waals surface area contributed by atoms with E-state index in [1.54, 1.807) is 6.26 Å². The van der Waals surface area contributed by atoms with Gasteiger partial charge in [-0.3, -0.25) is 4.98 Å². The summed E-state index contributed by atoms with van der Waals surface area (Å²) in [5, 5.41) is 3.58. The lowest BCUT2D eigenvalue weighted by Crippen LogP contribution is -2.25. The van der Waals surface area contributed by atoms with Crippen LogP contribution >= 0.6 is 0 Å². The van der Waals surface area contributed by atoms with E-state index in [2.05, 4.69) is 37.1 Å². The number of hydrogen-bond donors (Lipinski definition) is 1. The topological polar surface area (TPSA) is 38.1 Å². The van der Waals surface area contributed by atoms with Crippen LogP contribution < -0.4 is 5.32 Å². The SMILES string of the molecule is CCCNC(Cc1ccoc1)c1ncc(C)cc1C. The number of rotatable bonds is 6. The maximum Gasteiger partial charge on any atom is 0.0935 e. The normalized spacial score (nSPS) is 12.6. The van der Waals surface area contributed by atoms with E-state index in [0.29, 0.717) is 0 Å². The van der Waals surface area contributed by atoms with Crippen molar-refractivity contribution in [1.82, 2.24) is 10.3 Å². The standard InChI is InChI=1S/C16H22N2O/c1-4-6-17-15(9-14-5-7-19-11-14)16-13(3)8-12(2)10-18-16/h5,7-8,10-11,15,17H,4,6,9H2,1-3H3. The zero-order chi connectivity index (χ0) is 13.7. The van der Waals surface area contributed by atoms with E-state index in [-0.39, 0.29) is 6.04 Å². The van der Waals surface area contributed by atoms with Gasteiger partial charge in [0.2, 0.25) is 0 Å². The van der Waals surface area contributed by atoms with Crippen LogP contribution in [0.1, 0.15) is 41.8 Å². The Kier molecular flexibility index (Phi) is 4.74. The lowest BCUT2D eigenvalue weighted by Gasteiger charge is -2.19. The maximum atomic E-state index is 5.16. The highest BCUT2D eigenvalue weighted by molar-refractivity contribution is 5.27. The Hall–Kier alpha value is -1.61. The van der Waals surface area contributed by atoms with Crippen LogP contribution in [0.4, 0.5) is 0 Å². The minimum Gasteiger partial charge on any atom is -0.472 e. The summed E-state index contributed by atoms with van der Waals surface area (Å²) in [7, 11) is 0. The third-order valence-electron chi connectivity index (χ3n) is 3.25. The highest BCUT2D eigenvalue weighted by atomic mass is 16.3. The van der Waals surface area contributed by atoms with Gasteiger partial charge in [-0.05, 0) is 56.0 Å². The van der Waals surface area contributed by atoms with Crippen molar-refractivity contribution >= 4 is 0 Å². The average molecular weight is 258 g/mol. The number of hydrogen-bond acceptors (Lipinski definition) is 3. The molecule has 0 bridgehead atoms. The molecule has 0 spiro atoms. The number of nitrogens with one attached hydrogen (secondary N) is 1. The fourth-order valence-corrected chi connectivity index (χ4v) is 2.32. The van der Waals surface area contributed by atoms with E-state index in [4.69, 9.17) is 4.42 Å². The monoisotopic (exact) mass is 258 g/mol. The molecule has 2 aromatic heterocycles. The molecule has 1 N–H and O–H groups in total. The Labute approximate surface area is 115 Å². The Bertz CT molecular complexity index is 505. The molecule has 0 saturated carbocycles. The van der Waals surface area contributed by atoms with Gasteiger partial charge in [0, 0.05) is 6.20 Å². The highest BCUT2D eigenvalue weighted by Crippen LogP contribution is 2.20. The Morgan fingerprint density at radius 3 is 2.84 bits per heavy atom. The first kappa shape index (κ1) is 13.8. The van der Waals surface area contributed by atoms with Gasteiger partial charge in [-0.2, -0.15) is 0 Å². The van der Waals surface area contributed by atoms with Crippen LogP contribution in [0.3, 0.4) is 0 Å². The molecule has 102 valence electrons. The fraction of sp³-hybridized carbons (Fsp3) is 0.438. The molecule has 1 atom stereocenters. The van der Waals surface area contributed by atoms with Crippen LogP contribution in [-0.2, 0) is 6.42 Å². The summed E-state index contributed by atoms with van der Waals surface area (Å²) in [6, 6.07) is 4.46. The molecule has 0 fully saturated rings. The van der Waals surface area contributed by atoms with Gasteiger partial charge in [0.15, 0.2) is 0 Å². The molecule has 0 radical (unpaired) electrons. The summed E-state index contributed by atoms with van der Waals surface area (Å²) in [6.07, 6.45) is 7.50. The fourth-order valence-electron chi connectivity index (χ4n) is 2.32. The van der Waals surface area contributed by atoms with Crippen molar-refractivity contribution in [3.05, 3.63) is 53.2 Å². The molecular formula is C16H22N2O. The van der Waals surface area contributed by atoms with Crippen molar-refractivity contribution in [1.29, 1.82) is 0 Å². The van der Waals surface area contributed by atoms with Crippen molar-refractivity contribution < 1.29 is 4.42 Å². The van der Waals surface area contributed by atoms with E-state index < -0.39 is 0 Å². The second kappa shape index (κ2) is 6.53. The summed E-state index contributed by atoms with van der Waals surface area (Å²) >= 11 is 0. The molecule has 0 saturated heterocycles. The average Bonchev–Trinajstić information content (AvgIpc) is 2.88. The Balaban J connectivity index is 2.20. The smallest absolute Gasteiger partial charge is 0.0935 e. The van der Waals surface area contributed by atoms with Gasteiger partial charge in [0.1, 0.15) is 0 Å². The number of aryl methyl sites for hydroxylation is 2. The Morgan fingerprint density at radius 1 is 1.37 bits per heavy atom. The first-order valence-corrected chi connectivity index (χ1v) is 6.88. The van der Waals surface area contributed by atoms with Crippen LogP contribution in [-0.4, -0.2) is 11.5 Å². The maximum absolute atomic E-state index is 5.16. The second-order valence-electron chi connectivity index (χ2n) is 5.06. The highest BCUT2D eigenvalue weighted by Gasteiger charge is 2.16. The van der Waals surface area contributed by atoms with Gasteiger partial charge >= 0.3 is 0 Å². The third-order valence-corrected chi connectivity index (χ3v) is 3.25. The van der Waals surface area contributed by atoms with E-state index >= 15 is 0 Å². The number of aromatic nitrogens is 1. The molecule has 0 aromatic carbocycles. The molecule has 3 heteroatoms. The summed E-state index contributed by atoms with van der Waals surface area (Å²) in [5.41, 5.74) is 4.80. The van der Waals surface area contributed by atoms with E-state index in [1.165, 1.54) is 16.7 Å². The van der Waals surface area contributed by atoms with E-state index in [0.717, 1.165) is 25.1 Å². The largest absolute Gasteiger partial charge is 0.472 e. The van der Waals surface area contributed by atoms with Crippen LogP contribution in [0.2, 0.25) is 0 Å². The predicted molar refractivity (Wildman–Crippen MR) is 77.2 cm³/mol. The molecule has 19 heavy (non-hydrogen) atoms. The van der Waals surface area contributed by atoms with Gasteiger partial charge in [-0.1, -0.05) is 13.0 Å². The van der Waals surface area contributed by atoms with Crippen molar-refractivity contribution in [2.75, 3.05) is 6.54 Å². The van der Waals surface area contributed by atoms with Gasteiger partial charge in [-0.25, -0.2) is 0 Å². The van der Waals surface area contributed by atoms with Crippen LogP contribution in [0.5, 0.6) is 0 Å². The number of nitrogens with zero attached hydrogens (tertiary/aromatic N) is 1. The lowest BCUT2D eigenvalue weighted by atomic mass is 10.0. The molecule has 0 aliphatic carbocycles. The first-order valence-electron chi connectivity index (χ1n) is 6.88.